The average molecular weight is 1160 g/mol. The molecule has 16 aromatic rings. The molecule has 0 radical (unpaired) electrons. The van der Waals surface area contributed by atoms with Crippen LogP contribution in [0.2, 0.25) is 0 Å². The van der Waals surface area contributed by atoms with E-state index in [1.54, 1.807) is 0 Å². The Morgan fingerprint density at radius 2 is 0.557 bits per heavy atom. The molecule has 0 saturated heterocycles. The number of nitrogens with zero attached hydrogens (tertiary/aromatic N) is 2. The van der Waals surface area contributed by atoms with Gasteiger partial charge in [0.2, 0.25) is 0 Å². The first-order chi connectivity index (χ1) is 38.9. The van der Waals surface area contributed by atoms with Gasteiger partial charge in [-0.05, 0) is 12.1 Å². The van der Waals surface area contributed by atoms with E-state index in [4.69, 9.17) is 8.83 Å². The van der Waals surface area contributed by atoms with Crippen molar-refractivity contribution in [3.63, 3.8) is 0 Å². The van der Waals surface area contributed by atoms with Crippen molar-refractivity contribution in [2.75, 3.05) is 0 Å². The fourth-order valence-corrected chi connectivity index (χ4v) is 19.4. The number of hydrogen-bond donors (Lipinski definition) is 0. The van der Waals surface area contributed by atoms with Crippen LogP contribution in [0.5, 0.6) is 0 Å². The molecule has 0 amide bonds. The Balaban J connectivity index is 0.955. The van der Waals surface area contributed by atoms with E-state index < -0.39 is 8.07 Å². The van der Waals surface area contributed by atoms with Gasteiger partial charge in [-0.25, -0.2) is 0 Å². The molecule has 4 heterocycles. The molecule has 0 fully saturated rings. The van der Waals surface area contributed by atoms with Crippen molar-refractivity contribution in [1.29, 1.82) is 0 Å². The maximum atomic E-state index is 6.32. The summed E-state index contributed by atoms with van der Waals surface area (Å²) in [6, 6.07) is 98.8. The predicted molar refractivity (Wildman–Crippen MR) is 341 cm³/mol. The standard InChI is InChI=1S/C72H45Br2N2O2Si/c73-49-25-35-71-63(41-49)61-39-47(23-33-69(61)77-71)45-21-29-65-57(37-45)59-43-55(27-31-67(59)75(65)51-13-5-1-6-14-51)79(53-17-9-3-10-18-53,54-19-11-4-12-20-54)56-28-32-68-60(44-56)58-38-46(22-30-66(58)76(68)52-15-7-2-8-16-52)48-24-34-70-62(40-48)64-42-50(74)26-36-72(64)78-70/h1-44,79H/q-1. The van der Waals surface area contributed by atoms with Crippen LogP contribution >= 0.6 is 31.9 Å². The fourth-order valence-electron chi connectivity index (χ4n) is 13.2. The summed E-state index contributed by atoms with van der Waals surface area (Å²) >= 11 is 7.42. The molecule has 16 rings (SSSR count). The van der Waals surface area contributed by atoms with Gasteiger partial charge in [-0.2, -0.15) is 0 Å². The van der Waals surface area contributed by atoms with E-state index in [1.807, 2.05) is 24.3 Å². The predicted octanol–water partition coefficient (Wildman–Crippen LogP) is 17.6. The van der Waals surface area contributed by atoms with Crippen LogP contribution in [0.15, 0.2) is 285 Å². The zero-order valence-electron chi connectivity index (χ0n) is 42.4. The molecule has 0 unspecified atom stereocenters. The van der Waals surface area contributed by atoms with Gasteiger partial charge in [0.25, 0.3) is 0 Å². The van der Waals surface area contributed by atoms with Crippen LogP contribution in [-0.2, 0) is 0 Å². The summed E-state index contributed by atoms with van der Waals surface area (Å²) in [6.07, 6.45) is 0. The van der Waals surface area contributed by atoms with Gasteiger partial charge in [0.05, 0.1) is 0 Å². The van der Waals surface area contributed by atoms with Crippen LogP contribution in [0.4, 0.5) is 0 Å². The molecule has 0 bridgehead atoms. The number of halogens is 2. The van der Waals surface area contributed by atoms with Crippen molar-refractivity contribution in [3.05, 3.63) is 276 Å². The fraction of sp³-hybridized carbons (Fsp3) is 0. The molecule has 0 aliphatic carbocycles. The zero-order valence-corrected chi connectivity index (χ0v) is 46.8. The number of benzene rings is 12. The maximum absolute atomic E-state index is 6.32. The summed E-state index contributed by atoms with van der Waals surface area (Å²) < 4.78 is 19.6. The zero-order chi connectivity index (χ0) is 52.3. The Morgan fingerprint density at radius 3 is 0.949 bits per heavy atom. The van der Waals surface area contributed by atoms with Gasteiger partial charge in [-0.15, -0.1) is 0 Å². The van der Waals surface area contributed by atoms with Crippen molar-refractivity contribution in [2.24, 2.45) is 0 Å². The Hall–Kier alpha value is -8.98. The molecule has 4 aromatic heterocycles. The molecule has 4 nitrogen and oxygen atoms in total. The summed E-state index contributed by atoms with van der Waals surface area (Å²) in [5.41, 5.74) is 15.0. The number of hydrogen-bond acceptors (Lipinski definition) is 2. The number of fused-ring (bicyclic) bond motifs is 12. The van der Waals surface area contributed by atoms with Gasteiger partial charge in [0.15, 0.2) is 0 Å². The molecule has 79 heavy (non-hydrogen) atoms. The number of para-hydroxylation sites is 2. The minimum absolute atomic E-state index is 0.880. The van der Waals surface area contributed by atoms with Crippen LogP contribution in [0.25, 0.3) is 121 Å². The van der Waals surface area contributed by atoms with Gasteiger partial charge < -0.3 is 0 Å². The summed E-state index contributed by atoms with van der Waals surface area (Å²) in [6.45, 7) is 0. The molecule has 0 N–H and O–H groups in total. The van der Waals surface area contributed by atoms with Crippen LogP contribution in [0.3, 0.4) is 0 Å². The monoisotopic (exact) mass is 1160 g/mol. The third kappa shape index (κ3) is 7.23. The number of rotatable bonds is 8. The molecule has 0 spiro atoms. The molecule has 0 aliphatic heterocycles. The van der Waals surface area contributed by atoms with E-state index >= 15 is 0 Å². The second-order valence-electron chi connectivity index (χ2n) is 21.0. The SMILES string of the molecule is Brc1ccc2oc3ccc(-c4ccc5c(c4)c4cc([SiH-](c6ccccc6)(c6ccccc6)c6ccc7c(c6)c6cc(-c8ccc9oc%10ccc(Br)cc%10c9c8)ccc6n7-c6ccccc6)ccc4n5-c4ccccc4)cc3c2c1. The van der Waals surface area contributed by atoms with Crippen LogP contribution < -0.4 is 20.7 Å². The van der Waals surface area contributed by atoms with E-state index in [1.165, 1.54) is 53.3 Å². The van der Waals surface area contributed by atoms with E-state index in [0.29, 0.717) is 0 Å². The van der Waals surface area contributed by atoms with E-state index in [9.17, 15) is 0 Å². The molecular weight excluding hydrogens is 1110 g/mol. The first kappa shape index (κ1) is 46.1. The normalized spacial score (nSPS) is 12.4. The van der Waals surface area contributed by atoms with E-state index in [2.05, 4.69) is 284 Å². The second kappa shape index (κ2) is 18.0. The topological polar surface area (TPSA) is 36.1 Å². The van der Waals surface area contributed by atoms with Gasteiger partial charge in [0.1, 0.15) is 0 Å². The summed E-state index contributed by atoms with van der Waals surface area (Å²) in [7, 11) is -3.64. The van der Waals surface area contributed by atoms with Crippen molar-refractivity contribution in [1.82, 2.24) is 9.13 Å². The van der Waals surface area contributed by atoms with Crippen molar-refractivity contribution in [2.45, 2.75) is 0 Å². The third-order valence-electron chi connectivity index (χ3n) is 16.7. The molecule has 0 aliphatic rings. The minimum atomic E-state index is -3.64. The Morgan fingerprint density at radius 1 is 0.253 bits per heavy atom. The van der Waals surface area contributed by atoms with Crippen molar-refractivity contribution < 1.29 is 8.83 Å². The van der Waals surface area contributed by atoms with E-state index in [-0.39, 0.29) is 0 Å². The summed E-state index contributed by atoms with van der Waals surface area (Å²) in [4.78, 5) is 0. The first-order valence-electron chi connectivity index (χ1n) is 26.7. The van der Waals surface area contributed by atoms with Crippen LogP contribution in [0.1, 0.15) is 0 Å². The third-order valence-corrected chi connectivity index (χ3v) is 23.2. The Bertz CT molecular complexity index is 4780. The van der Waals surface area contributed by atoms with Gasteiger partial charge >= 0.3 is 432 Å². The van der Waals surface area contributed by atoms with Crippen LogP contribution in [0, 0.1) is 0 Å². The molecule has 0 atom stereocenters. The van der Waals surface area contributed by atoms with Gasteiger partial charge in [-0.3, -0.25) is 0 Å². The van der Waals surface area contributed by atoms with Crippen molar-refractivity contribution >= 4 is 148 Å². The molecule has 0 saturated carbocycles. The summed E-state index contributed by atoms with van der Waals surface area (Å²) in [5, 5.41) is 14.6. The Kier molecular flexibility index (Phi) is 10.5. The molecule has 7 heteroatoms. The van der Waals surface area contributed by atoms with Crippen molar-refractivity contribution in [3.8, 4) is 33.6 Å². The van der Waals surface area contributed by atoms with Crippen LogP contribution in [-0.4, -0.2) is 17.2 Å². The number of aromatic nitrogens is 2. The average Bonchev–Trinajstić information content (AvgIpc) is 4.33. The number of furan rings is 2. The van der Waals surface area contributed by atoms with E-state index in [0.717, 1.165) is 97.5 Å². The first-order valence-corrected chi connectivity index (χ1v) is 30.6. The Labute approximate surface area is 472 Å². The van der Waals surface area contributed by atoms with Gasteiger partial charge in [0, 0.05) is 0 Å². The molecular formula is C72H45Br2N2O2Si-. The van der Waals surface area contributed by atoms with Gasteiger partial charge in [-0.1, -0.05) is 31.9 Å². The molecule has 374 valence electrons. The quantitative estimate of drug-likeness (QED) is 0.112. The molecule has 12 aromatic carbocycles. The second-order valence-corrected chi connectivity index (χ2v) is 27.2. The summed E-state index contributed by atoms with van der Waals surface area (Å²) in [5.74, 6) is 0.